The smallest absolute Gasteiger partial charge is 0.247 e. The zero-order chi connectivity index (χ0) is 16.9. The van der Waals surface area contributed by atoms with Crippen LogP contribution in [-0.4, -0.2) is 58.8 Å². The Kier molecular flexibility index (Phi) is 5.15. The van der Waals surface area contributed by atoms with E-state index in [0.717, 1.165) is 38.5 Å². The van der Waals surface area contributed by atoms with Crippen molar-refractivity contribution in [3.05, 3.63) is 48.3 Å². The number of ether oxygens (including phenoxy) is 1. The van der Waals surface area contributed by atoms with E-state index in [2.05, 4.69) is 22.1 Å². The van der Waals surface area contributed by atoms with E-state index in [0.29, 0.717) is 0 Å². The molecule has 0 saturated carbocycles. The molecule has 0 bridgehead atoms. The van der Waals surface area contributed by atoms with Crippen molar-refractivity contribution in [2.45, 2.75) is 19.5 Å². The van der Waals surface area contributed by atoms with Gasteiger partial charge in [-0.3, -0.25) is 14.4 Å². The number of methoxy groups -OCH3 is 1. The summed E-state index contributed by atoms with van der Waals surface area (Å²) in [7, 11) is 1.68. The lowest BCUT2D eigenvalue weighted by atomic mass is 10.2. The molecule has 1 aromatic heterocycles. The standard InChI is InChI=1S/C18H24N4O2/c1-15(22-9-3-8-19-22)18(23)21-12-10-20(11-13-21)14-16-4-6-17(24-2)7-5-16/h3-9,15H,10-14H2,1-2H3. The Balaban J connectivity index is 1.50. The molecule has 1 saturated heterocycles. The van der Waals surface area contributed by atoms with Gasteiger partial charge in [0.05, 0.1) is 7.11 Å². The molecule has 1 fully saturated rings. The second kappa shape index (κ2) is 7.49. The highest BCUT2D eigenvalue weighted by Crippen LogP contribution is 2.15. The maximum atomic E-state index is 12.6. The molecule has 2 aromatic rings. The lowest BCUT2D eigenvalue weighted by molar-refractivity contribution is -0.136. The van der Waals surface area contributed by atoms with Crippen LogP contribution in [-0.2, 0) is 11.3 Å². The van der Waals surface area contributed by atoms with Crippen molar-refractivity contribution in [2.24, 2.45) is 0 Å². The van der Waals surface area contributed by atoms with Gasteiger partial charge in [0.15, 0.2) is 0 Å². The number of aromatic nitrogens is 2. The van der Waals surface area contributed by atoms with Crippen molar-refractivity contribution in [3.8, 4) is 5.75 Å². The summed E-state index contributed by atoms with van der Waals surface area (Å²) in [5, 5.41) is 4.17. The van der Waals surface area contributed by atoms with E-state index in [1.54, 1.807) is 18.0 Å². The molecule has 2 heterocycles. The number of hydrogen-bond donors (Lipinski definition) is 0. The number of hydrogen-bond acceptors (Lipinski definition) is 4. The predicted molar refractivity (Wildman–Crippen MR) is 91.8 cm³/mol. The topological polar surface area (TPSA) is 50.6 Å². The van der Waals surface area contributed by atoms with Gasteiger partial charge in [-0.2, -0.15) is 5.10 Å². The molecule has 3 rings (SSSR count). The van der Waals surface area contributed by atoms with Gasteiger partial charge in [-0.15, -0.1) is 0 Å². The molecule has 0 spiro atoms. The van der Waals surface area contributed by atoms with E-state index in [9.17, 15) is 4.79 Å². The van der Waals surface area contributed by atoms with Crippen LogP contribution in [0.5, 0.6) is 5.75 Å². The fourth-order valence-corrected chi connectivity index (χ4v) is 3.00. The molecular formula is C18H24N4O2. The van der Waals surface area contributed by atoms with E-state index < -0.39 is 0 Å². The van der Waals surface area contributed by atoms with Crippen molar-refractivity contribution >= 4 is 5.91 Å². The Hall–Kier alpha value is -2.34. The molecule has 1 aliphatic rings. The highest BCUT2D eigenvalue weighted by atomic mass is 16.5. The van der Waals surface area contributed by atoms with Crippen LogP contribution in [0.1, 0.15) is 18.5 Å². The average Bonchev–Trinajstić information content (AvgIpc) is 3.16. The second-order valence-electron chi connectivity index (χ2n) is 6.11. The Morgan fingerprint density at radius 1 is 1.21 bits per heavy atom. The number of rotatable bonds is 5. The Morgan fingerprint density at radius 2 is 1.92 bits per heavy atom. The van der Waals surface area contributed by atoms with Crippen LogP contribution in [0.15, 0.2) is 42.7 Å². The molecule has 0 N–H and O–H groups in total. The van der Waals surface area contributed by atoms with Gasteiger partial charge in [-0.1, -0.05) is 12.1 Å². The van der Waals surface area contributed by atoms with Crippen LogP contribution < -0.4 is 4.74 Å². The zero-order valence-electron chi connectivity index (χ0n) is 14.3. The number of carbonyl (C=O) groups is 1. The maximum Gasteiger partial charge on any atom is 0.247 e. The fourth-order valence-electron chi connectivity index (χ4n) is 3.00. The molecule has 128 valence electrons. The third-order valence-corrected chi connectivity index (χ3v) is 4.53. The van der Waals surface area contributed by atoms with Gasteiger partial charge >= 0.3 is 0 Å². The monoisotopic (exact) mass is 328 g/mol. The van der Waals surface area contributed by atoms with Crippen molar-refractivity contribution in [1.82, 2.24) is 19.6 Å². The van der Waals surface area contributed by atoms with E-state index in [1.165, 1.54) is 5.56 Å². The van der Waals surface area contributed by atoms with Gasteiger partial charge in [-0.05, 0) is 30.7 Å². The van der Waals surface area contributed by atoms with Crippen molar-refractivity contribution in [3.63, 3.8) is 0 Å². The molecule has 1 aliphatic heterocycles. The minimum absolute atomic E-state index is 0.141. The summed E-state index contributed by atoms with van der Waals surface area (Å²) in [6.45, 7) is 6.12. The van der Waals surface area contributed by atoms with Gasteiger partial charge in [0, 0.05) is 45.1 Å². The summed E-state index contributed by atoms with van der Waals surface area (Å²) in [5.74, 6) is 1.02. The molecule has 1 amide bonds. The Morgan fingerprint density at radius 3 is 2.50 bits per heavy atom. The second-order valence-corrected chi connectivity index (χ2v) is 6.11. The predicted octanol–water partition coefficient (Wildman–Crippen LogP) is 1.80. The number of amides is 1. The first-order valence-electron chi connectivity index (χ1n) is 8.30. The third-order valence-electron chi connectivity index (χ3n) is 4.53. The number of benzene rings is 1. The van der Waals surface area contributed by atoms with Gasteiger partial charge in [-0.25, -0.2) is 0 Å². The zero-order valence-corrected chi connectivity index (χ0v) is 14.3. The van der Waals surface area contributed by atoms with Crippen molar-refractivity contribution in [2.75, 3.05) is 33.3 Å². The highest BCUT2D eigenvalue weighted by molar-refractivity contribution is 5.80. The van der Waals surface area contributed by atoms with Gasteiger partial charge in [0.1, 0.15) is 11.8 Å². The summed E-state index contributed by atoms with van der Waals surface area (Å²) in [6.07, 6.45) is 3.54. The van der Waals surface area contributed by atoms with Crippen molar-refractivity contribution in [1.29, 1.82) is 0 Å². The largest absolute Gasteiger partial charge is 0.497 e. The summed E-state index contributed by atoms with van der Waals surface area (Å²) in [5.41, 5.74) is 1.26. The normalized spacial score (nSPS) is 16.8. The van der Waals surface area contributed by atoms with Crippen LogP contribution in [0.4, 0.5) is 0 Å². The highest BCUT2D eigenvalue weighted by Gasteiger charge is 2.25. The minimum Gasteiger partial charge on any atom is -0.497 e. The van der Waals surface area contributed by atoms with E-state index >= 15 is 0 Å². The molecule has 1 unspecified atom stereocenters. The Labute approximate surface area is 142 Å². The maximum absolute atomic E-state index is 12.6. The first-order chi connectivity index (χ1) is 11.7. The number of carbonyl (C=O) groups excluding carboxylic acids is 1. The van der Waals surface area contributed by atoms with Crippen LogP contribution in [0.2, 0.25) is 0 Å². The molecule has 0 radical (unpaired) electrons. The molecule has 24 heavy (non-hydrogen) atoms. The number of nitrogens with zero attached hydrogens (tertiary/aromatic N) is 4. The summed E-state index contributed by atoms with van der Waals surface area (Å²) >= 11 is 0. The summed E-state index contributed by atoms with van der Waals surface area (Å²) in [6, 6.07) is 9.76. The van der Waals surface area contributed by atoms with Crippen LogP contribution in [0.3, 0.4) is 0 Å². The first-order valence-corrected chi connectivity index (χ1v) is 8.30. The minimum atomic E-state index is -0.242. The number of piperazine rings is 1. The third kappa shape index (κ3) is 3.76. The van der Waals surface area contributed by atoms with Crippen LogP contribution >= 0.6 is 0 Å². The van der Waals surface area contributed by atoms with E-state index in [4.69, 9.17) is 4.74 Å². The fraction of sp³-hybridized carbons (Fsp3) is 0.444. The molecule has 1 aromatic carbocycles. The van der Waals surface area contributed by atoms with E-state index in [-0.39, 0.29) is 11.9 Å². The summed E-state index contributed by atoms with van der Waals surface area (Å²) in [4.78, 5) is 16.9. The van der Waals surface area contributed by atoms with Crippen LogP contribution in [0, 0.1) is 0 Å². The quantitative estimate of drug-likeness (QED) is 0.840. The molecule has 0 aliphatic carbocycles. The Bertz CT molecular complexity index is 646. The SMILES string of the molecule is COc1ccc(CN2CCN(C(=O)C(C)n3cccn3)CC2)cc1. The molecule has 6 heteroatoms. The van der Waals surface area contributed by atoms with Crippen LogP contribution in [0.25, 0.3) is 0 Å². The molecular weight excluding hydrogens is 304 g/mol. The van der Waals surface area contributed by atoms with Gasteiger partial charge < -0.3 is 9.64 Å². The lowest BCUT2D eigenvalue weighted by Crippen LogP contribution is -2.49. The lowest BCUT2D eigenvalue weighted by Gasteiger charge is -2.36. The molecule has 1 atom stereocenters. The van der Waals surface area contributed by atoms with E-state index in [1.807, 2.05) is 36.2 Å². The molecule has 6 nitrogen and oxygen atoms in total. The van der Waals surface area contributed by atoms with Crippen molar-refractivity contribution < 1.29 is 9.53 Å². The van der Waals surface area contributed by atoms with Gasteiger partial charge in [0.2, 0.25) is 5.91 Å². The average molecular weight is 328 g/mol. The first kappa shape index (κ1) is 16.5. The summed E-state index contributed by atoms with van der Waals surface area (Å²) < 4.78 is 6.90. The van der Waals surface area contributed by atoms with Gasteiger partial charge in [0.25, 0.3) is 0 Å².